The van der Waals surface area contributed by atoms with E-state index in [0.717, 1.165) is 23.1 Å². The van der Waals surface area contributed by atoms with Gasteiger partial charge in [0.1, 0.15) is 12.2 Å². The number of ether oxygens (including phenoxy) is 3. The number of fused-ring (bicyclic) bond motifs is 2. The zero-order valence-electron chi connectivity index (χ0n) is 20.7. The highest BCUT2D eigenvalue weighted by atomic mass is 79.9. The molecule has 3 heterocycles. The lowest BCUT2D eigenvalue weighted by atomic mass is 9.98. The van der Waals surface area contributed by atoms with Crippen molar-refractivity contribution in [2.24, 2.45) is 0 Å². The number of morpholine rings is 1. The van der Waals surface area contributed by atoms with Crippen molar-refractivity contribution in [3.8, 4) is 11.5 Å². The average molecular weight is 569 g/mol. The molecule has 2 aromatic carbocycles. The number of carbonyl (C=O) groups is 1. The number of rotatable bonds is 9. The second-order valence-corrected chi connectivity index (χ2v) is 9.82. The minimum Gasteiger partial charge on any atom is -0.490 e. The molecular formula is C28H29BrN2O6. The topological polar surface area (TPSA) is 81.5 Å². The quantitative estimate of drug-likeness (QED) is 0.354. The van der Waals surface area contributed by atoms with Gasteiger partial charge in [0.2, 0.25) is 5.76 Å². The molecule has 5 rings (SSSR count). The van der Waals surface area contributed by atoms with Crippen molar-refractivity contribution < 1.29 is 23.4 Å². The summed E-state index contributed by atoms with van der Waals surface area (Å²) in [6, 6.07) is 10.2. The van der Waals surface area contributed by atoms with Crippen LogP contribution in [0, 0.1) is 0 Å². The van der Waals surface area contributed by atoms with Crippen LogP contribution in [0.3, 0.4) is 0 Å². The third-order valence-electron chi connectivity index (χ3n) is 6.63. The lowest BCUT2D eigenvalue weighted by Gasteiger charge is -2.31. The van der Waals surface area contributed by atoms with Crippen molar-refractivity contribution in [3.05, 3.63) is 80.6 Å². The van der Waals surface area contributed by atoms with Gasteiger partial charge >= 0.3 is 0 Å². The van der Waals surface area contributed by atoms with Gasteiger partial charge in [-0.1, -0.05) is 34.7 Å². The van der Waals surface area contributed by atoms with E-state index < -0.39 is 6.04 Å². The van der Waals surface area contributed by atoms with E-state index in [9.17, 15) is 9.59 Å². The fraction of sp³-hybridized carbons (Fsp3) is 0.357. The maximum absolute atomic E-state index is 13.8. The van der Waals surface area contributed by atoms with E-state index in [2.05, 4.69) is 27.4 Å². The number of halogens is 1. The second-order valence-electron chi connectivity index (χ2n) is 8.91. The van der Waals surface area contributed by atoms with Crippen LogP contribution in [0.1, 0.15) is 34.6 Å². The molecule has 1 atom stereocenters. The van der Waals surface area contributed by atoms with Crippen molar-refractivity contribution in [1.82, 2.24) is 9.80 Å². The molecule has 194 valence electrons. The maximum Gasteiger partial charge on any atom is 0.290 e. The van der Waals surface area contributed by atoms with E-state index in [-0.39, 0.29) is 17.1 Å². The number of hydrogen-bond acceptors (Lipinski definition) is 7. The smallest absolute Gasteiger partial charge is 0.290 e. The van der Waals surface area contributed by atoms with Gasteiger partial charge in [0.05, 0.1) is 36.8 Å². The molecule has 9 heteroatoms. The number of nitrogens with zero attached hydrogens (tertiary/aromatic N) is 2. The summed E-state index contributed by atoms with van der Waals surface area (Å²) in [7, 11) is 0. The molecule has 0 N–H and O–H groups in total. The average Bonchev–Trinajstić information content (AvgIpc) is 3.19. The summed E-state index contributed by atoms with van der Waals surface area (Å²) in [4.78, 5) is 31.5. The zero-order chi connectivity index (χ0) is 25.9. The molecule has 8 nitrogen and oxygen atoms in total. The highest BCUT2D eigenvalue weighted by molar-refractivity contribution is 9.10. The Labute approximate surface area is 223 Å². The minimum atomic E-state index is -0.615. The van der Waals surface area contributed by atoms with Gasteiger partial charge in [-0.15, -0.1) is 0 Å². The predicted octanol–water partition coefficient (Wildman–Crippen LogP) is 4.40. The van der Waals surface area contributed by atoms with Crippen LogP contribution >= 0.6 is 15.9 Å². The Morgan fingerprint density at radius 2 is 1.89 bits per heavy atom. The van der Waals surface area contributed by atoms with Crippen molar-refractivity contribution in [3.63, 3.8) is 0 Å². The molecule has 3 aromatic rings. The van der Waals surface area contributed by atoms with E-state index in [4.69, 9.17) is 18.6 Å². The Morgan fingerprint density at radius 3 is 2.65 bits per heavy atom. The Hall–Kier alpha value is -3.14. The van der Waals surface area contributed by atoms with Gasteiger partial charge in [-0.3, -0.25) is 14.5 Å². The largest absolute Gasteiger partial charge is 0.490 e. The molecule has 2 aliphatic rings. The molecular weight excluding hydrogens is 540 g/mol. The normalized spacial score (nSPS) is 17.7. The maximum atomic E-state index is 13.8. The lowest BCUT2D eigenvalue weighted by molar-refractivity contribution is 0.0314. The van der Waals surface area contributed by atoms with Gasteiger partial charge in [-0.05, 0) is 42.8 Å². The van der Waals surface area contributed by atoms with Crippen LogP contribution in [0.25, 0.3) is 11.0 Å². The number of amides is 1. The summed E-state index contributed by atoms with van der Waals surface area (Å²) in [5.74, 6) is 0.921. The highest BCUT2D eigenvalue weighted by Crippen LogP contribution is 2.41. The fourth-order valence-corrected chi connectivity index (χ4v) is 5.24. The van der Waals surface area contributed by atoms with Crippen LogP contribution in [0.15, 0.2) is 62.7 Å². The summed E-state index contributed by atoms with van der Waals surface area (Å²) >= 11 is 3.44. The van der Waals surface area contributed by atoms with Crippen molar-refractivity contribution in [2.45, 2.75) is 13.0 Å². The molecule has 1 fully saturated rings. The van der Waals surface area contributed by atoms with Crippen molar-refractivity contribution >= 4 is 32.8 Å². The summed E-state index contributed by atoms with van der Waals surface area (Å²) in [5.41, 5.74) is 1.27. The molecule has 37 heavy (non-hydrogen) atoms. The molecule has 0 aliphatic carbocycles. The zero-order valence-corrected chi connectivity index (χ0v) is 22.3. The fourth-order valence-electron chi connectivity index (χ4n) is 4.87. The van der Waals surface area contributed by atoms with E-state index >= 15 is 0 Å². The van der Waals surface area contributed by atoms with Crippen LogP contribution in [0.5, 0.6) is 11.5 Å². The van der Waals surface area contributed by atoms with Crippen LogP contribution < -0.4 is 14.9 Å². The monoisotopic (exact) mass is 568 g/mol. The number of benzene rings is 2. The Morgan fingerprint density at radius 1 is 1.08 bits per heavy atom. The molecule has 1 saturated heterocycles. The number of carbonyl (C=O) groups excluding carboxylic acids is 1. The minimum absolute atomic E-state index is 0.0942. The lowest BCUT2D eigenvalue weighted by Crippen LogP contribution is -2.42. The standard InChI is InChI=1S/C28H29BrN2O6/c1-3-13-36-22-7-5-18(16-23(22)35-4-2)25-24-26(32)20-17-19(29)6-8-21(20)37-27(24)28(33)31(25)10-9-30-11-14-34-15-12-30/h3,5-8,16-17,25H,1,4,9-15H2,2H3. The Kier molecular flexibility index (Phi) is 7.64. The second kappa shape index (κ2) is 11.1. The van der Waals surface area contributed by atoms with Gasteiger partial charge in [0, 0.05) is 30.7 Å². The van der Waals surface area contributed by atoms with Crippen LogP contribution in [0.2, 0.25) is 0 Å². The summed E-state index contributed by atoms with van der Waals surface area (Å²) in [5, 5.41) is 0.428. The number of hydrogen-bond donors (Lipinski definition) is 0. The van der Waals surface area contributed by atoms with Gasteiger partial charge in [-0.2, -0.15) is 0 Å². The summed E-state index contributed by atoms with van der Waals surface area (Å²) in [6.07, 6.45) is 1.66. The Bertz CT molecular complexity index is 1380. The van der Waals surface area contributed by atoms with E-state index in [0.29, 0.717) is 67.5 Å². The Balaban J connectivity index is 1.61. The summed E-state index contributed by atoms with van der Waals surface area (Å²) in [6.45, 7) is 10.4. The van der Waals surface area contributed by atoms with Gasteiger partial charge in [-0.25, -0.2) is 0 Å². The molecule has 0 bridgehead atoms. The molecule has 1 unspecified atom stereocenters. The predicted molar refractivity (Wildman–Crippen MR) is 144 cm³/mol. The first-order valence-electron chi connectivity index (χ1n) is 12.4. The first-order valence-corrected chi connectivity index (χ1v) is 13.2. The molecule has 0 radical (unpaired) electrons. The molecule has 2 aliphatic heterocycles. The van der Waals surface area contributed by atoms with Crippen molar-refractivity contribution in [2.75, 3.05) is 52.6 Å². The van der Waals surface area contributed by atoms with Gasteiger partial charge in [0.15, 0.2) is 16.9 Å². The third kappa shape index (κ3) is 5.03. The van der Waals surface area contributed by atoms with Gasteiger partial charge in [0.25, 0.3) is 5.91 Å². The SMILES string of the molecule is C=CCOc1ccc(C2c3c(oc4ccc(Br)cc4c3=O)C(=O)N2CCN2CCOCC2)cc1OCC. The van der Waals surface area contributed by atoms with Crippen molar-refractivity contribution in [1.29, 1.82) is 0 Å². The summed E-state index contributed by atoms with van der Waals surface area (Å²) < 4.78 is 23.9. The van der Waals surface area contributed by atoms with E-state index in [1.54, 1.807) is 29.2 Å². The first-order chi connectivity index (χ1) is 18.0. The molecule has 0 saturated carbocycles. The van der Waals surface area contributed by atoms with Crippen LogP contribution in [-0.2, 0) is 4.74 Å². The van der Waals surface area contributed by atoms with Crippen LogP contribution in [-0.4, -0.2) is 68.3 Å². The highest BCUT2D eigenvalue weighted by Gasteiger charge is 2.43. The van der Waals surface area contributed by atoms with E-state index in [1.807, 2.05) is 25.1 Å². The first kappa shape index (κ1) is 25.5. The van der Waals surface area contributed by atoms with Crippen LogP contribution in [0.4, 0.5) is 0 Å². The molecule has 1 amide bonds. The molecule has 0 spiro atoms. The van der Waals surface area contributed by atoms with E-state index in [1.165, 1.54) is 0 Å². The molecule has 1 aromatic heterocycles. The van der Waals surface area contributed by atoms with Gasteiger partial charge < -0.3 is 23.5 Å². The third-order valence-corrected chi connectivity index (χ3v) is 7.12.